The fourth-order valence-electron chi connectivity index (χ4n) is 2.75. The van der Waals surface area contributed by atoms with E-state index in [1.165, 1.54) is 12.5 Å². The summed E-state index contributed by atoms with van der Waals surface area (Å²) >= 11 is 0. The van der Waals surface area contributed by atoms with Crippen molar-refractivity contribution >= 4 is 5.78 Å². The van der Waals surface area contributed by atoms with Crippen molar-refractivity contribution in [2.75, 3.05) is 0 Å². The number of ketones is 1. The van der Waals surface area contributed by atoms with Gasteiger partial charge in [0.15, 0.2) is 5.78 Å². The molecule has 0 aromatic carbocycles. The van der Waals surface area contributed by atoms with Crippen LogP contribution in [0.15, 0.2) is 11.1 Å². The van der Waals surface area contributed by atoms with Gasteiger partial charge in [-0.25, -0.2) is 0 Å². The number of hydrogen-bond acceptors (Lipinski definition) is 2. The number of carbonyl (C=O) groups is 1. The van der Waals surface area contributed by atoms with Crippen LogP contribution >= 0.6 is 0 Å². The average Bonchev–Trinajstić information content (AvgIpc) is 2.24. The molecule has 1 N–H and O–H groups in total. The van der Waals surface area contributed by atoms with Crippen molar-refractivity contribution in [1.82, 2.24) is 0 Å². The zero-order chi connectivity index (χ0) is 12.5. The number of allylic oxidation sites excluding steroid dienone is 1. The molecule has 0 heterocycles. The van der Waals surface area contributed by atoms with Gasteiger partial charge in [-0.2, -0.15) is 0 Å². The molecule has 1 aliphatic rings. The lowest BCUT2D eigenvalue weighted by molar-refractivity contribution is -0.123. The van der Waals surface area contributed by atoms with Crippen LogP contribution < -0.4 is 0 Å². The second kappa shape index (κ2) is 4.70. The molecule has 3 atom stereocenters. The molecule has 2 unspecified atom stereocenters. The molecule has 0 spiro atoms. The third-order valence-electron chi connectivity index (χ3n) is 4.56. The molecule has 1 aliphatic carbocycles. The topological polar surface area (TPSA) is 37.3 Å². The minimum absolute atomic E-state index is 0.137. The number of hydrogen-bond donors (Lipinski definition) is 1. The Balaban J connectivity index is 3.09. The zero-order valence-electron chi connectivity index (χ0n) is 11.1. The van der Waals surface area contributed by atoms with Crippen LogP contribution in [0, 0.1) is 11.3 Å². The van der Waals surface area contributed by atoms with E-state index in [1.54, 1.807) is 0 Å². The molecular weight excluding hydrogens is 200 g/mol. The van der Waals surface area contributed by atoms with Crippen LogP contribution in [-0.2, 0) is 4.79 Å². The Morgan fingerprint density at radius 1 is 1.62 bits per heavy atom. The predicted molar refractivity (Wildman–Crippen MR) is 66.2 cm³/mol. The Bertz CT molecular complexity index is 317. The summed E-state index contributed by atoms with van der Waals surface area (Å²) in [5.41, 5.74) is 2.41. The van der Waals surface area contributed by atoms with Gasteiger partial charge in [-0.1, -0.05) is 32.8 Å². The van der Waals surface area contributed by atoms with E-state index in [2.05, 4.69) is 20.8 Å². The molecule has 0 radical (unpaired) electrons. The smallest absolute Gasteiger partial charge is 0.162 e. The van der Waals surface area contributed by atoms with Crippen molar-refractivity contribution in [2.24, 2.45) is 11.3 Å². The molecular formula is C14H24O2. The van der Waals surface area contributed by atoms with Crippen LogP contribution in [0.25, 0.3) is 0 Å². The summed E-state index contributed by atoms with van der Waals surface area (Å²) < 4.78 is 0. The van der Waals surface area contributed by atoms with E-state index in [0.29, 0.717) is 5.92 Å². The average molecular weight is 224 g/mol. The molecule has 0 aromatic heterocycles. The van der Waals surface area contributed by atoms with E-state index >= 15 is 0 Å². The normalized spacial score (nSPS) is 32.8. The van der Waals surface area contributed by atoms with Gasteiger partial charge in [-0.15, -0.1) is 0 Å². The van der Waals surface area contributed by atoms with Crippen molar-refractivity contribution in [3.05, 3.63) is 11.1 Å². The molecule has 0 bridgehead atoms. The fourth-order valence-corrected chi connectivity index (χ4v) is 2.75. The first kappa shape index (κ1) is 13.4. The van der Waals surface area contributed by atoms with Gasteiger partial charge in [-0.05, 0) is 43.6 Å². The molecule has 0 fully saturated rings. The number of carbonyl (C=O) groups excluding carboxylic acids is 1. The van der Waals surface area contributed by atoms with Crippen LogP contribution in [0.2, 0.25) is 0 Å². The van der Waals surface area contributed by atoms with Gasteiger partial charge in [0.2, 0.25) is 0 Å². The summed E-state index contributed by atoms with van der Waals surface area (Å²) in [6.07, 6.45) is 2.37. The van der Waals surface area contributed by atoms with Crippen LogP contribution in [0.1, 0.15) is 53.9 Å². The Kier molecular flexibility index (Phi) is 3.95. The van der Waals surface area contributed by atoms with E-state index < -0.39 is 6.10 Å². The molecule has 0 aromatic rings. The number of aliphatic hydroxyl groups is 1. The Hall–Kier alpha value is -0.630. The van der Waals surface area contributed by atoms with E-state index in [4.69, 9.17) is 0 Å². The first-order valence-corrected chi connectivity index (χ1v) is 6.21. The van der Waals surface area contributed by atoms with Gasteiger partial charge < -0.3 is 5.11 Å². The number of Topliss-reactive ketones (excluding diaryl/α,β-unsaturated/α-hetero) is 1. The third-order valence-corrected chi connectivity index (χ3v) is 4.56. The quantitative estimate of drug-likeness (QED) is 0.748. The monoisotopic (exact) mass is 224 g/mol. The third kappa shape index (κ3) is 2.22. The van der Waals surface area contributed by atoms with Crippen LogP contribution in [0.4, 0.5) is 0 Å². The van der Waals surface area contributed by atoms with Crippen molar-refractivity contribution in [3.8, 4) is 0 Å². The largest absolute Gasteiger partial charge is 0.381 e. The SMILES string of the molecule is CCC1(C)CCC(C)=C(C(O)C(C)=O)[C@H]1C. The van der Waals surface area contributed by atoms with Crippen molar-refractivity contribution in [2.45, 2.75) is 60.0 Å². The van der Waals surface area contributed by atoms with Crippen LogP contribution in [-0.4, -0.2) is 17.0 Å². The van der Waals surface area contributed by atoms with E-state index in [9.17, 15) is 9.90 Å². The predicted octanol–water partition coefficient (Wildman–Crippen LogP) is 3.10. The molecule has 2 heteroatoms. The summed E-state index contributed by atoms with van der Waals surface area (Å²) in [6, 6.07) is 0. The summed E-state index contributed by atoms with van der Waals surface area (Å²) in [5.74, 6) is 0.159. The summed E-state index contributed by atoms with van der Waals surface area (Å²) in [5, 5.41) is 10.0. The first-order valence-electron chi connectivity index (χ1n) is 6.21. The van der Waals surface area contributed by atoms with Crippen LogP contribution in [0.3, 0.4) is 0 Å². The Morgan fingerprint density at radius 2 is 2.19 bits per heavy atom. The lowest BCUT2D eigenvalue weighted by Crippen LogP contribution is -2.36. The Morgan fingerprint density at radius 3 is 2.62 bits per heavy atom. The molecule has 16 heavy (non-hydrogen) atoms. The lowest BCUT2D eigenvalue weighted by Gasteiger charge is -2.42. The minimum Gasteiger partial charge on any atom is -0.381 e. The summed E-state index contributed by atoms with van der Waals surface area (Å²) in [6.45, 7) is 10.1. The number of rotatable bonds is 3. The highest BCUT2D eigenvalue weighted by molar-refractivity contribution is 5.83. The highest BCUT2D eigenvalue weighted by atomic mass is 16.3. The molecule has 92 valence electrons. The zero-order valence-corrected chi connectivity index (χ0v) is 11.1. The van der Waals surface area contributed by atoms with Gasteiger partial charge in [0.1, 0.15) is 6.10 Å². The van der Waals surface area contributed by atoms with Gasteiger partial charge in [0, 0.05) is 0 Å². The fraction of sp³-hybridized carbons (Fsp3) is 0.786. The van der Waals surface area contributed by atoms with Gasteiger partial charge in [0.25, 0.3) is 0 Å². The lowest BCUT2D eigenvalue weighted by atomic mass is 9.63. The van der Waals surface area contributed by atoms with Crippen molar-refractivity contribution < 1.29 is 9.90 Å². The molecule has 0 saturated heterocycles. The van der Waals surface area contributed by atoms with E-state index in [-0.39, 0.29) is 11.2 Å². The molecule has 2 nitrogen and oxygen atoms in total. The maximum absolute atomic E-state index is 11.3. The van der Waals surface area contributed by atoms with E-state index in [0.717, 1.165) is 24.8 Å². The summed E-state index contributed by atoms with van der Waals surface area (Å²) in [4.78, 5) is 11.3. The van der Waals surface area contributed by atoms with Gasteiger partial charge >= 0.3 is 0 Å². The first-order chi connectivity index (χ1) is 7.33. The maximum Gasteiger partial charge on any atom is 0.162 e. The highest BCUT2D eigenvalue weighted by Crippen LogP contribution is 2.47. The second-order valence-corrected chi connectivity index (χ2v) is 5.48. The highest BCUT2D eigenvalue weighted by Gasteiger charge is 2.38. The van der Waals surface area contributed by atoms with E-state index in [1.807, 2.05) is 6.92 Å². The van der Waals surface area contributed by atoms with Crippen LogP contribution in [0.5, 0.6) is 0 Å². The molecule has 0 aliphatic heterocycles. The number of aliphatic hydroxyl groups excluding tert-OH is 1. The van der Waals surface area contributed by atoms with Crippen molar-refractivity contribution in [3.63, 3.8) is 0 Å². The van der Waals surface area contributed by atoms with Gasteiger partial charge in [0.05, 0.1) is 0 Å². The maximum atomic E-state index is 11.3. The molecule has 1 rings (SSSR count). The van der Waals surface area contributed by atoms with Crippen molar-refractivity contribution in [1.29, 1.82) is 0 Å². The second-order valence-electron chi connectivity index (χ2n) is 5.48. The molecule has 0 saturated carbocycles. The minimum atomic E-state index is -0.888. The summed E-state index contributed by atoms with van der Waals surface area (Å²) in [7, 11) is 0. The Labute approximate surface area is 98.7 Å². The standard InChI is InChI=1S/C14H24O2/c1-6-14(5)8-7-9(2)12(10(14)3)13(16)11(4)15/h10,13,16H,6-8H2,1-5H3/t10-,13?,14?/m1/s1. The molecule has 0 amide bonds. The van der Waals surface area contributed by atoms with Gasteiger partial charge in [-0.3, -0.25) is 4.79 Å².